The van der Waals surface area contributed by atoms with Crippen molar-refractivity contribution in [1.29, 1.82) is 0 Å². The average Bonchev–Trinajstić information content (AvgIpc) is 3.78. The Bertz CT molecular complexity index is 3310. The maximum Gasteiger partial charge on any atom is 0.293 e. The Kier molecular flexibility index (Phi) is 14.3. The van der Waals surface area contributed by atoms with Crippen LogP contribution in [0.2, 0.25) is 0 Å². The van der Waals surface area contributed by atoms with E-state index < -0.39 is 42.9 Å². The molecular weight excluding hydrogens is 1000 g/mol. The zero-order chi connectivity index (χ0) is 53.8. The van der Waals surface area contributed by atoms with E-state index in [1.165, 1.54) is 58.9 Å². The van der Waals surface area contributed by atoms with Crippen molar-refractivity contribution < 1.29 is 41.8 Å². The molecule has 77 heavy (non-hydrogen) atoms. The van der Waals surface area contributed by atoms with Crippen LogP contribution < -0.4 is 24.4 Å². The first-order valence-electron chi connectivity index (χ1n) is 26.8. The van der Waals surface area contributed by atoms with Crippen molar-refractivity contribution in [3.63, 3.8) is 0 Å². The maximum atomic E-state index is 14.7. The number of methoxy groups -OCH3 is 1. The number of hydrogen-bond donors (Lipinski definition) is 4. The third-order valence-electron chi connectivity index (χ3n) is 16.8. The second kappa shape index (κ2) is 21.0. The number of carbonyl (C=O) groups is 1. The highest BCUT2D eigenvalue weighted by atomic mass is 32.2. The van der Waals surface area contributed by atoms with Crippen molar-refractivity contribution in [3.8, 4) is 17.2 Å². The van der Waals surface area contributed by atoms with Crippen molar-refractivity contribution in [2.45, 2.75) is 100 Å². The fourth-order valence-corrected chi connectivity index (χ4v) is 13.4. The molecule has 0 unspecified atom stereocenters. The van der Waals surface area contributed by atoms with E-state index in [9.17, 15) is 32.8 Å². The van der Waals surface area contributed by atoms with Gasteiger partial charge in [0.15, 0.2) is 0 Å². The highest BCUT2D eigenvalue weighted by molar-refractivity contribution is 7.90. The molecule has 5 fully saturated rings. The number of benzene rings is 4. The van der Waals surface area contributed by atoms with Crippen LogP contribution in [0.15, 0.2) is 102 Å². The van der Waals surface area contributed by atoms with Crippen LogP contribution in [-0.2, 0) is 21.3 Å². The molecule has 17 nitrogen and oxygen atoms in total. The Balaban J connectivity index is 0.790. The number of aromatic nitrogens is 2. The van der Waals surface area contributed by atoms with Gasteiger partial charge in [0, 0.05) is 98.8 Å². The number of H-pyrrole nitrogens is 1. The summed E-state index contributed by atoms with van der Waals surface area (Å²) in [6.07, 6.45) is 7.35. The number of nitro benzene ring substituents is 1. The van der Waals surface area contributed by atoms with Crippen molar-refractivity contribution in [2.75, 3.05) is 69.8 Å². The molecule has 5 aliphatic rings. The summed E-state index contributed by atoms with van der Waals surface area (Å²) < 4.78 is 62.2. The van der Waals surface area contributed by atoms with Gasteiger partial charge in [0.1, 0.15) is 34.4 Å². The standard InChI is InChI=1S/C58H67FN8O9S/c1-36(2)44-7-5-6-8-46(44)52-31-64(30-38-9-12-45(39-32-75-33-39)53(21-38)74-4)19-20-66(52)41-25-58(26-41)34-65(35-58)40-10-13-47(54(22-40)76-42-23-48-49(59)29-62-55(48)61-28-42)56(68)63-77(72,73)43-11-14-50(51(24-43)67(70)71)60-27-37-15-17-57(3,69)18-16-37/h5-14,21-24,28-29,36-37,39,41,52,60,69H,15-20,25-27,30-35H2,1-4H3,(H,61,62)(H,63,68)/t37-,52-,57-/m0/s1. The number of nitro groups is 1. The van der Waals surface area contributed by atoms with Crippen LogP contribution in [0.4, 0.5) is 21.5 Å². The lowest BCUT2D eigenvalue weighted by Gasteiger charge is -2.63. The molecule has 3 aliphatic heterocycles. The minimum atomic E-state index is -4.65. The topological polar surface area (TPSA) is 205 Å². The molecule has 11 rings (SSSR count). The van der Waals surface area contributed by atoms with Crippen molar-refractivity contribution in [1.82, 2.24) is 24.5 Å². The highest BCUT2D eigenvalue weighted by Crippen LogP contribution is 2.54. The van der Waals surface area contributed by atoms with Gasteiger partial charge in [-0.1, -0.05) is 50.2 Å². The molecule has 2 aromatic heterocycles. The largest absolute Gasteiger partial charge is 0.496 e. The van der Waals surface area contributed by atoms with Crippen LogP contribution in [0, 0.1) is 27.3 Å². The van der Waals surface area contributed by atoms with E-state index in [2.05, 4.69) is 91.0 Å². The molecular formula is C58H67FN8O9S. The predicted molar refractivity (Wildman–Crippen MR) is 291 cm³/mol. The van der Waals surface area contributed by atoms with E-state index in [1.54, 1.807) is 26.2 Å². The van der Waals surface area contributed by atoms with Crippen LogP contribution in [0.5, 0.6) is 17.2 Å². The van der Waals surface area contributed by atoms with Crippen LogP contribution >= 0.6 is 0 Å². The molecule has 4 N–H and O–H groups in total. The van der Waals surface area contributed by atoms with Gasteiger partial charge in [0.2, 0.25) is 0 Å². The molecule has 2 saturated carbocycles. The molecule has 0 radical (unpaired) electrons. The average molecular weight is 1070 g/mol. The van der Waals surface area contributed by atoms with E-state index in [1.807, 2.05) is 0 Å². The van der Waals surface area contributed by atoms with Gasteiger partial charge in [0.05, 0.1) is 52.9 Å². The second-order valence-corrected chi connectivity index (χ2v) is 24.4. The Labute approximate surface area is 448 Å². The summed E-state index contributed by atoms with van der Waals surface area (Å²) in [5.41, 5.74) is 5.17. The Morgan fingerprint density at radius 1 is 1.00 bits per heavy atom. The number of nitrogens with zero attached hydrogens (tertiary/aromatic N) is 5. The number of halogens is 1. The molecule has 5 heterocycles. The second-order valence-electron chi connectivity index (χ2n) is 22.7. The van der Waals surface area contributed by atoms with Gasteiger partial charge in [-0.15, -0.1) is 0 Å². The molecule has 2 aliphatic carbocycles. The Morgan fingerprint density at radius 3 is 2.51 bits per heavy atom. The minimum Gasteiger partial charge on any atom is -0.496 e. The third kappa shape index (κ3) is 10.8. The summed E-state index contributed by atoms with van der Waals surface area (Å²) in [5, 5.41) is 25.9. The normalized spacial score (nSPS) is 22.1. The van der Waals surface area contributed by atoms with E-state index in [0.29, 0.717) is 42.9 Å². The number of fused-ring (bicyclic) bond motifs is 1. The Morgan fingerprint density at radius 2 is 1.78 bits per heavy atom. The number of hydrogen-bond acceptors (Lipinski definition) is 14. The summed E-state index contributed by atoms with van der Waals surface area (Å²) >= 11 is 0. The lowest BCUT2D eigenvalue weighted by molar-refractivity contribution is -0.384. The summed E-state index contributed by atoms with van der Waals surface area (Å²) in [6.45, 7) is 13.4. The molecule has 1 spiro atoms. The molecule has 1 amide bonds. The predicted octanol–water partition coefficient (Wildman–Crippen LogP) is 9.65. The fraction of sp³-hybridized carbons (Fsp3) is 0.448. The number of aliphatic hydroxyl groups is 1. The number of sulfonamides is 1. The molecule has 19 heteroatoms. The summed E-state index contributed by atoms with van der Waals surface area (Å²) in [4.78, 5) is 39.8. The molecule has 3 saturated heterocycles. The summed E-state index contributed by atoms with van der Waals surface area (Å²) in [6, 6.07) is 26.0. The number of anilines is 2. The van der Waals surface area contributed by atoms with Gasteiger partial charge in [-0.2, -0.15) is 0 Å². The van der Waals surface area contributed by atoms with E-state index in [-0.39, 0.29) is 45.5 Å². The third-order valence-corrected chi connectivity index (χ3v) is 18.2. The molecule has 1 atom stereocenters. The SMILES string of the molecule is COc1cc(CN2CCN(C3CC4(C3)CN(c3ccc(C(=O)NS(=O)(=O)c5ccc(NC[C@H]6CC[C@](C)(O)CC6)c([N+](=O)[O-])c5)c(Oc5cnc6[nH]cc(F)c6c5)c3)C4)[C@H](c3ccccc3C(C)C)C2)ccc1C1COC1. The Hall–Kier alpha value is -6.64. The van der Waals surface area contributed by atoms with Gasteiger partial charge in [-0.3, -0.25) is 24.7 Å². The molecule has 4 aromatic carbocycles. The van der Waals surface area contributed by atoms with Crippen molar-refractivity contribution in [3.05, 3.63) is 141 Å². The van der Waals surface area contributed by atoms with E-state index >= 15 is 0 Å². The molecule has 406 valence electrons. The smallest absolute Gasteiger partial charge is 0.293 e. The number of carbonyl (C=O) groups excluding carboxylic acids is 1. The van der Waals surface area contributed by atoms with Crippen LogP contribution in [-0.4, -0.2) is 115 Å². The fourth-order valence-electron chi connectivity index (χ4n) is 12.4. The van der Waals surface area contributed by atoms with E-state index in [4.69, 9.17) is 14.2 Å². The molecule has 6 aromatic rings. The maximum absolute atomic E-state index is 14.7. The van der Waals surface area contributed by atoms with Gasteiger partial charge < -0.3 is 34.5 Å². The van der Waals surface area contributed by atoms with Gasteiger partial charge in [-0.25, -0.2) is 22.5 Å². The number of aromatic amines is 1. The van der Waals surface area contributed by atoms with Crippen LogP contribution in [0.25, 0.3) is 11.0 Å². The van der Waals surface area contributed by atoms with Gasteiger partial charge in [-0.05, 0) is 110 Å². The van der Waals surface area contributed by atoms with Crippen LogP contribution in [0.3, 0.4) is 0 Å². The number of amides is 1. The first-order valence-corrected chi connectivity index (χ1v) is 28.2. The number of ether oxygens (including phenoxy) is 3. The van der Waals surface area contributed by atoms with Crippen LogP contribution in [0.1, 0.15) is 110 Å². The zero-order valence-corrected chi connectivity index (χ0v) is 44.8. The first kappa shape index (κ1) is 52.4. The highest BCUT2D eigenvalue weighted by Gasteiger charge is 2.55. The van der Waals surface area contributed by atoms with Crippen molar-refractivity contribution >= 4 is 44.0 Å². The summed E-state index contributed by atoms with van der Waals surface area (Å²) in [7, 11) is -2.90. The summed E-state index contributed by atoms with van der Waals surface area (Å²) in [5.74, 6) is 0.418. The quantitative estimate of drug-likeness (QED) is 0.0496. The van der Waals surface area contributed by atoms with Gasteiger partial charge >= 0.3 is 0 Å². The number of piperazine rings is 1. The number of nitrogens with one attached hydrogen (secondary N) is 3. The number of rotatable bonds is 17. The zero-order valence-electron chi connectivity index (χ0n) is 44.0. The monoisotopic (exact) mass is 1070 g/mol. The molecule has 0 bridgehead atoms. The number of pyridine rings is 1. The minimum absolute atomic E-state index is 0.0152. The lowest BCUT2D eigenvalue weighted by Crippen LogP contribution is -2.68. The van der Waals surface area contributed by atoms with Gasteiger partial charge in [0.25, 0.3) is 21.6 Å². The first-order chi connectivity index (χ1) is 36.9. The van der Waals surface area contributed by atoms with E-state index in [0.717, 1.165) is 95.7 Å². The lowest BCUT2D eigenvalue weighted by atomic mass is 9.59. The van der Waals surface area contributed by atoms with Crippen molar-refractivity contribution in [2.24, 2.45) is 11.3 Å².